The minimum atomic E-state index is -3.61. The van der Waals surface area contributed by atoms with Gasteiger partial charge in [0.2, 0.25) is 10.0 Å². The number of H-pyrrole nitrogens is 1. The number of benzene rings is 1. The molecule has 0 saturated carbocycles. The maximum absolute atomic E-state index is 12.5. The number of nitrogens with zero attached hydrogens (tertiary/aromatic N) is 1. The molecule has 2 rings (SSSR count). The summed E-state index contributed by atoms with van der Waals surface area (Å²) in [4.78, 5) is 0.222. The van der Waals surface area contributed by atoms with Crippen molar-refractivity contribution in [3.05, 3.63) is 47.3 Å². The monoisotopic (exact) mass is 357 g/mol. The average Bonchev–Trinajstić information content (AvgIpc) is 2.77. The van der Waals surface area contributed by atoms with Crippen molar-refractivity contribution in [1.29, 1.82) is 0 Å². The van der Waals surface area contributed by atoms with Crippen LogP contribution in [0, 0.1) is 13.8 Å². The van der Waals surface area contributed by atoms with Crippen molar-refractivity contribution in [2.45, 2.75) is 24.8 Å². The van der Waals surface area contributed by atoms with E-state index in [0.717, 1.165) is 5.56 Å². The molecule has 0 radical (unpaired) electrons. The topological polar surface area (TPSA) is 74.8 Å². The normalized spacial score (nSPS) is 13.3. The fourth-order valence-corrected chi connectivity index (χ4v) is 4.40. The van der Waals surface area contributed by atoms with E-state index in [1.807, 2.05) is 30.3 Å². The van der Waals surface area contributed by atoms with Gasteiger partial charge in [-0.1, -0.05) is 46.3 Å². The van der Waals surface area contributed by atoms with Crippen LogP contribution >= 0.6 is 15.9 Å². The predicted molar refractivity (Wildman–Crippen MR) is 81.4 cm³/mol. The molecule has 1 unspecified atom stereocenters. The number of hydrogen-bond acceptors (Lipinski definition) is 3. The summed E-state index contributed by atoms with van der Waals surface area (Å²) < 4.78 is 27.7. The largest absolute Gasteiger partial charge is 0.281 e. The maximum atomic E-state index is 12.5. The number of aryl methyl sites for hydroxylation is 2. The molecule has 0 bridgehead atoms. The summed E-state index contributed by atoms with van der Waals surface area (Å²) in [6, 6.07) is 9.12. The summed E-state index contributed by atoms with van der Waals surface area (Å²) in [6.07, 6.45) is 0. The lowest BCUT2D eigenvalue weighted by Crippen LogP contribution is -2.30. The van der Waals surface area contributed by atoms with Gasteiger partial charge in [-0.3, -0.25) is 5.10 Å². The van der Waals surface area contributed by atoms with Crippen molar-refractivity contribution in [3.8, 4) is 0 Å². The van der Waals surface area contributed by atoms with E-state index in [1.165, 1.54) is 0 Å². The van der Waals surface area contributed by atoms with Crippen LogP contribution in [0.25, 0.3) is 0 Å². The molecule has 7 heteroatoms. The van der Waals surface area contributed by atoms with Gasteiger partial charge in [0.25, 0.3) is 0 Å². The highest BCUT2D eigenvalue weighted by molar-refractivity contribution is 9.09. The Morgan fingerprint density at radius 2 is 1.95 bits per heavy atom. The second-order valence-corrected chi connectivity index (χ2v) is 6.80. The minimum absolute atomic E-state index is 0.222. The highest BCUT2D eigenvalue weighted by Crippen LogP contribution is 2.22. The van der Waals surface area contributed by atoms with E-state index < -0.39 is 10.0 Å². The molecule has 0 aliphatic heterocycles. The Morgan fingerprint density at radius 1 is 1.30 bits per heavy atom. The SMILES string of the molecule is Cc1n[nH]c(C)c1S(=O)(=O)NC(CBr)c1ccccc1. The molecule has 1 aromatic heterocycles. The fraction of sp³-hybridized carbons (Fsp3) is 0.308. The van der Waals surface area contributed by atoms with Crippen LogP contribution in [-0.2, 0) is 10.0 Å². The lowest BCUT2D eigenvalue weighted by molar-refractivity contribution is 0.567. The maximum Gasteiger partial charge on any atom is 0.244 e. The van der Waals surface area contributed by atoms with Gasteiger partial charge in [0.05, 0.1) is 17.4 Å². The summed E-state index contributed by atoms with van der Waals surface area (Å²) >= 11 is 3.36. The third kappa shape index (κ3) is 3.11. The number of alkyl halides is 1. The van der Waals surface area contributed by atoms with Crippen LogP contribution in [0.1, 0.15) is 23.0 Å². The zero-order valence-corrected chi connectivity index (χ0v) is 13.6. The standard InChI is InChI=1S/C13H16BrN3O2S/c1-9-13(10(2)16-15-9)20(18,19)17-12(8-14)11-6-4-3-5-7-11/h3-7,12,17H,8H2,1-2H3,(H,15,16). The van der Waals surface area contributed by atoms with E-state index >= 15 is 0 Å². The quantitative estimate of drug-likeness (QED) is 0.807. The minimum Gasteiger partial charge on any atom is -0.281 e. The van der Waals surface area contributed by atoms with Gasteiger partial charge in [-0.15, -0.1) is 0 Å². The Kier molecular flexibility index (Phi) is 4.62. The predicted octanol–water partition coefficient (Wildman–Crippen LogP) is 2.44. The lowest BCUT2D eigenvalue weighted by atomic mass is 10.1. The van der Waals surface area contributed by atoms with E-state index in [2.05, 4.69) is 30.8 Å². The van der Waals surface area contributed by atoms with Crippen molar-refractivity contribution >= 4 is 26.0 Å². The number of sulfonamides is 1. The Morgan fingerprint density at radius 3 is 2.45 bits per heavy atom. The summed E-state index contributed by atoms with van der Waals surface area (Å²) in [7, 11) is -3.61. The molecule has 1 aromatic carbocycles. The smallest absolute Gasteiger partial charge is 0.244 e. The third-order valence-corrected chi connectivity index (χ3v) is 5.36. The van der Waals surface area contributed by atoms with Gasteiger partial charge in [0.1, 0.15) is 4.90 Å². The Hall–Kier alpha value is -1.18. The summed E-state index contributed by atoms with van der Waals surface area (Å²) in [5.74, 6) is 0. The van der Waals surface area contributed by atoms with Crippen LogP contribution in [0.5, 0.6) is 0 Å². The van der Waals surface area contributed by atoms with Crippen LogP contribution in [0.4, 0.5) is 0 Å². The molecule has 1 atom stereocenters. The molecule has 2 aromatic rings. The molecule has 2 N–H and O–H groups in total. The highest BCUT2D eigenvalue weighted by atomic mass is 79.9. The molecule has 0 aliphatic rings. The van der Waals surface area contributed by atoms with Crippen molar-refractivity contribution < 1.29 is 8.42 Å². The first-order valence-corrected chi connectivity index (χ1v) is 8.71. The average molecular weight is 358 g/mol. The van der Waals surface area contributed by atoms with Gasteiger partial charge in [-0.05, 0) is 19.4 Å². The lowest BCUT2D eigenvalue weighted by Gasteiger charge is -2.17. The molecule has 108 valence electrons. The molecule has 5 nitrogen and oxygen atoms in total. The van der Waals surface area contributed by atoms with Gasteiger partial charge in [0, 0.05) is 5.33 Å². The summed E-state index contributed by atoms with van der Waals surface area (Å²) in [5.41, 5.74) is 1.92. The van der Waals surface area contributed by atoms with Crippen molar-refractivity contribution in [1.82, 2.24) is 14.9 Å². The molecule has 0 fully saturated rings. The van der Waals surface area contributed by atoms with Gasteiger partial charge in [-0.25, -0.2) is 13.1 Å². The van der Waals surface area contributed by atoms with Crippen LogP contribution in [-0.4, -0.2) is 23.9 Å². The van der Waals surface area contributed by atoms with Crippen LogP contribution in [0.15, 0.2) is 35.2 Å². The summed E-state index contributed by atoms with van der Waals surface area (Å²) in [6.45, 7) is 3.37. The zero-order chi connectivity index (χ0) is 14.8. The Balaban J connectivity index is 2.32. The zero-order valence-electron chi connectivity index (χ0n) is 11.2. The fourth-order valence-electron chi connectivity index (χ4n) is 2.06. The molecule has 0 amide bonds. The number of aromatic amines is 1. The van der Waals surface area contributed by atoms with Crippen molar-refractivity contribution in [3.63, 3.8) is 0 Å². The molecule has 0 spiro atoms. The van der Waals surface area contributed by atoms with E-state index in [4.69, 9.17) is 0 Å². The first-order chi connectivity index (χ1) is 9.45. The van der Waals surface area contributed by atoms with Crippen molar-refractivity contribution in [2.24, 2.45) is 0 Å². The van der Waals surface area contributed by atoms with E-state index in [9.17, 15) is 8.42 Å². The Labute approximate surface area is 127 Å². The van der Waals surface area contributed by atoms with Crippen LogP contribution < -0.4 is 4.72 Å². The van der Waals surface area contributed by atoms with Crippen molar-refractivity contribution in [2.75, 3.05) is 5.33 Å². The van der Waals surface area contributed by atoms with Crippen LogP contribution in [0.2, 0.25) is 0 Å². The molecule has 20 heavy (non-hydrogen) atoms. The number of hydrogen-bond donors (Lipinski definition) is 2. The molecule has 0 aliphatic carbocycles. The molecular formula is C13H16BrN3O2S. The van der Waals surface area contributed by atoms with Crippen LogP contribution in [0.3, 0.4) is 0 Å². The van der Waals surface area contributed by atoms with E-state index in [1.54, 1.807) is 13.8 Å². The first kappa shape index (κ1) is 15.2. The number of halogens is 1. The summed E-state index contributed by atoms with van der Waals surface area (Å²) in [5, 5.41) is 7.12. The van der Waals surface area contributed by atoms with Gasteiger partial charge in [-0.2, -0.15) is 5.10 Å². The van der Waals surface area contributed by atoms with Gasteiger partial charge in [0.15, 0.2) is 0 Å². The second-order valence-electron chi connectivity index (χ2n) is 4.50. The van der Waals surface area contributed by atoms with Gasteiger partial charge < -0.3 is 0 Å². The van der Waals surface area contributed by atoms with Gasteiger partial charge >= 0.3 is 0 Å². The third-order valence-electron chi connectivity index (χ3n) is 2.98. The second kappa shape index (κ2) is 6.07. The van der Waals surface area contributed by atoms with E-state index in [0.29, 0.717) is 16.7 Å². The number of rotatable bonds is 5. The van der Waals surface area contributed by atoms with E-state index in [-0.39, 0.29) is 10.9 Å². The molecule has 1 heterocycles. The first-order valence-electron chi connectivity index (χ1n) is 6.10. The Bertz CT molecular complexity index is 663. The number of nitrogens with one attached hydrogen (secondary N) is 2. The molecular weight excluding hydrogens is 342 g/mol. The highest BCUT2D eigenvalue weighted by Gasteiger charge is 2.25. The molecule has 0 saturated heterocycles. The number of aromatic nitrogens is 2.